The van der Waals surface area contributed by atoms with E-state index in [1.54, 1.807) is 0 Å². The first kappa shape index (κ1) is 13.7. The standard InChI is InChI=1S/C16H20BrN3/c1-11(2)20-10-16(9-18-20)19-15-7-13(8-15)12-4-3-5-14(17)6-12/h3-6,9-11,13,15,19H,7-8H2,1-2H3. The van der Waals surface area contributed by atoms with Crippen LogP contribution >= 0.6 is 15.9 Å². The van der Waals surface area contributed by atoms with E-state index in [1.807, 2.05) is 10.9 Å². The molecule has 0 unspecified atom stereocenters. The third-order valence-corrected chi connectivity index (χ3v) is 4.45. The van der Waals surface area contributed by atoms with E-state index < -0.39 is 0 Å². The Morgan fingerprint density at radius 3 is 2.80 bits per heavy atom. The van der Waals surface area contributed by atoms with Gasteiger partial charge in [0.2, 0.25) is 0 Å². The summed E-state index contributed by atoms with van der Waals surface area (Å²) < 4.78 is 3.16. The van der Waals surface area contributed by atoms with Crippen molar-refractivity contribution in [3.8, 4) is 0 Å². The van der Waals surface area contributed by atoms with Crippen LogP contribution in [0.3, 0.4) is 0 Å². The Bertz CT molecular complexity index is 585. The second kappa shape index (κ2) is 5.60. The largest absolute Gasteiger partial charge is 0.380 e. The van der Waals surface area contributed by atoms with Crippen molar-refractivity contribution in [2.75, 3.05) is 5.32 Å². The molecule has 0 saturated heterocycles. The van der Waals surface area contributed by atoms with E-state index >= 15 is 0 Å². The van der Waals surface area contributed by atoms with Crippen LogP contribution in [0.5, 0.6) is 0 Å². The highest BCUT2D eigenvalue weighted by molar-refractivity contribution is 9.10. The van der Waals surface area contributed by atoms with Crippen LogP contribution in [0.15, 0.2) is 41.1 Å². The van der Waals surface area contributed by atoms with Crippen molar-refractivity contribution in [2.45, 2.75) is 44.7 Å². The van der Waals surface area contributed by atoms with Crippen molar-refractivity contribution in [3.05, 3.63) is 46.7 Å². The zero-order valence-corrected chi connectivity index (χ0v) is 13.5. The Labute approximate surface area is 128 Å². The number of benzene rings is 1. The molecule has 1 aromatic heterocycles. The fourth-order valence-corrected chi connectivity index (χ4v) is 3.12. The summed E-state index contributed by atoms with van der Waals surface area (Å²) in [7, 11) is 0. The lowest BCUT2D eigenvalue weighted by Gasteiger charge is -2.36. The van der Waals surface area contributed by atoms with E-state index in [0.29, 0.717) is 18.0 Å². The summed E-state index contributed by atoms with van der Waals surface area (Å²) in [6.45, 7) is 4.28. The van der Waals surface area contributed by atoms with Gasteiger partial charge in [-0.05, 0) is 50.3 Å². The maximum atomic E-state index is 4.36. The fraction of sp³-hybridized carbons (Fsp3) is 0.438. The minimum atomic E-state index is 0.418. The normalized spacial score (nSPS) is 21.8. The Morgan fingerprint density at radius 1 is 1.35 bits per heavy atom. The van der Waals surface area contributed by atoms with Gasteiger partial charge < -0.3 is 5.32 Å². The number of anilines is 1. The molecule has 3 rings (SSSR count). The zero-order chi connectivity index (χ0) is 14.1. The van der Waals surface area contributed by atoms with Gasteiger partial charge in [-0.3, -0.25) is 4.68 Å². The molecule has 0 bridgehead atoms. The average Bonchev–Trinajstić information content (AvgIpc) is 2.82. The molecule has 1 saturated carbocycles. The molecule has 20 heavy (non-hydrogen) atoms. The highest BCUT2D eigenvalue weighted by Crippen LogP contribution is 2.39. The van der Waals surface area contributed by atoms with Crippen molar-refractivity contribution < 1.29 is 0 Å². The minimum absolute atomic E-state index is 0.418. The van der Waals surface area contributed by atoms with Crippen LogP contribution in [0.2, 0.25) is 0 Å². The van der Waals surface area contributed by atoms with Crippen LogP contribution in [0.25, 0.3) is 0 Å². The van der Waals surface area contributed by atoms with E-state index in [4.69, 9.17) is 0 Å². The summed E-state index contributed by atoms with van der Waals surface area (Å²) in [4.78, 5) is 0. The molecule has 2 aromatic rings. The quantitative estimate of drug-likeness (QED) is 0.887. The predicted octanol–water partition coefficient (Wildman–Crippen LogP) is 4.58. The van der Waals surface area contributed by atoms with E-state index in [-0.39, 0.29) is 0 Å². The number of halogens is 1. The van der Waals surface area contributed by atoms with Crippen molar-refractivity contribution in [2.24, 2.45) is 0 Å². The first-order valence-corrected chi connectivity index (χ1v) is 7.97. The number of hydrogen-bond donors (Lipinski definition) is 1. The molecule has 106 valence electrons. The third-order valence-electron chi connectivity index (χ3n) is 3.96. The van der Waals surface area contributed by atoms with Gasteiger partial charge in [0.05, 0.1) is 11.9 Å². The summed E-state index contributed by atoms with van der Waals surface area (Å²) in [5, 5.41) is 7.94. The number of hydrogen-bond acceptors (Lipinski definition) is 2. The van der Waals surface area contributed by atoms with Crippen LogP contribution in [0.4, 0.5) is 5.69 Å². The molecule has 0 spiro atoms. The maximum Gasteiger partial charge on any atom is 0.0728 e. The molecule has 1 aliphatic rings. The molecule has 1 N–H and O–H groups in total. The van der Waals surface area contributed by atoms with Gasteiger partial charge >= 0.3 is 0 Å². The molecule has 0 radical (unpaired) electrons. The Morgan fingerprint density at radius 2 is 2.15 bits per heavy atom. The maximum absolute atomic E-state index is 4.36. The monoisotopic (exact) mass is 333 g/mol. The predicted molar refractivity (Wildman–Crippen MR) is 86.1 cm³/mol. The van der Waals surface area contributed by atoms with Gasteiger partial charge in [0.25, 0.3) is 0 Å². The molecule has 1 aliphatic carbocycles. The van der Waals surface area contributed by atoms with Crippen molar-refractivity contribution >= 4 is 21.6 Å². The van der Waals surface area contributed by atoms with Crippen molar-refractivity contribution in [1.29, 1.82) is 0 Å². The fourth-order valence-electron chi connectivity index (χ4n) is 2.70. The molecule has 1 heterocycles. The Kier molecular flexibility index (Phi) is 3.83. The summed E-state index contributed by atoms with van der Waals surface area (Å²) in [5.74, 6) is 0.685. The van der Waals surface area contributed by atoms with Crippen LogP contribution in [0.1, 0.15) is 44.2 Å². The van der Waals surface area contributed by atoms with Crippen LogP contribution in [0, 0.1) is 0 Å². The molecule has 1 fully saturated rings. The minimum Gasteiger partial charge on any atom is -0.380 e. The number of aromatic nitrogens is 2. The van der Waals surface area contributed by atoms with Gasteiger partial charge in [0.15, 0.2) is 0 Å². The highest BCUT2D eigenvalue weighted by atomic mass is 79.9. The van der Waals surface area contributed by atoms with Gasteiger partial charge in [-0.15, -0.1) is 0 Å². The van der Waals surface area contributed by atoms with Crippen molar-refractivity contribution in [1.82, 2.24) is 9.78 Å². The van der Waals surface area contributed by atoms with Gasteiger partial charge in [0.1, 0.15) is 0 Å². The summed E-state index contributed by atoms with van der Waals surface area (Å²) in [6.07, 6.45) is 6.41. The SMILES string of the molecule is CC(C)n1cc(NC2CC(c3cccc(Br)c3)C2)cn1. The van der Waals surface area contributed by atoms with Crippen LogP contribution in [-0.2, 0) is 0 Å². The van der Waals surface area contributed by atoms with Gasteiger partial charge in [-0.25, -0.2) is 0 Å². The van der Waals surface area contributed by atoms with E-state index in [0.717, 1.165) is 5.69 Å². The zero-order valence-electron chi connectivity index (χ0n) is 11.9. The average molecular weight is 334 g/mol. The van der Waals surface area contributed by atoms with E-state index in [9.17, 15) is 0 Å². The lowest BCUT2D eigenvalue weighted by atomic mass is 9.76. The second-order valence-corrected chi connectivity index (χ2v) is 6.78. The lowest BCUT2D eigenvalue weighted by molar-refractivity contribution is 0.374. The summed E-state index contributed by atoms with van der Waals surface area (Å²) >= 11 is 3.54. The highest BCUT2D eigenvalue weighted by Gasteiger charge is 2.30. The summed E-state index contributed by atoms with van der Waals surface area (Å²) in [5.41, 5.74) is 2.58. The molecular weight excluding hydrogens is 314 g/mol. The van der Waals surface area contributed by atoms with Crippen LogP contribution < -0.4 is 5.32 Å². The molecule has 4 heteroatoms. The first-order chi connectivity index (χ1) is 9.61. The molecule has 1 aromatic carbocycles. The van der Waals surface area contributed by atoms with Gasteiger partial charge in [0, 0.05) is 22.8 Å². The van der Waals surface area contributed by atoms with E-state index in [1.165, 1.54) is 22.9 Å². The lowest BCUT2D eigenvalue weighted by Crippen LogP contribution is -2.33. The Balaban J connectivity index is 1.55. The smallest absolute Gasteiger partial charge is 0.0728 e. The van der Waals surface area contributed by atoms with Crippen LogP contribution in [-0.4, -0.2) is 15.8 Å². The molecule has 0 amide bonds. The molecule has 0 atom stereocenters. The Hall–Kier alpha value is -1.29. The number of nitrogens with one attached hydrogen (secondary N) is 1. The van der Waals surface area contributed by atoms with E-state index in [2.05, 4.69) is 70.7 Å². The first-order valence-electron chi connectivity index (χ1n) is 7.18. The van der Waals surface area contributed by atoms with Gasteiger partial charge in [-0.2, -0.15) is 5.10 Å². The van der Waals surface area contributed by atoms with Gasteiger partial charge in [-0.1, -0.05) is 28.1 Å². The molecule has 0 aliphatic heterocycles. The molecule has 3 nitrogen and oxygen atoms in total. The van der Waals surface area contributed by atoms with Crippen molar-refractivity contribution in [3.63, 3.8) is 0 Å². The summed E-state index contributed by atoms with van der Waals surface area (Å²) in [6, 6.07) is 9.65. The molecular formula is C16H20BrN3. The topological polar surface area (TPSA) is 29.9 Å². The second-order valence-electron chi connectivity index (χ2n) is 5.87. The third kappa shape index (κ3) is 2.90. The number of nitrogens with zero attached hydrogens (tertiary/aromatic N) is 2. The number of rotatable bonds is 4.